The number of aromatic nitrogens is 1. The van der Waals surface area contributed by atoms with E-state index >= 15 is 0 Å². The molecule has 4 nitrogen and oxygen atoms in total. The summed E-state index contributed by atoms with van der Waals surface area (Å²) >= 11 is 1.50. The molecule has 2 rings (SSSR count). The van der Waals surface area contributed by atoms with Crippen molar-refractivity contribution in [3.63, 3.8) is 0 Å². The summed E-state index contributed by atoms with van der Waals surface area (Å²) < 4.78 is 0. The zero-order valence-electron chi connectivity index (χ0n) is 11.7. The van der Waals surface area contributed by atoms with Crippen molar-refractivity contribution in [3.05, 3.63) is 22.3 Å². The van der Waals surface area contributed by atoms with E-state index in [1.54, 1.807) is 0 Å². The van der Waals surface area contributed by atoms with Gasteiger partial charge in [-0.1, -0.05) is 18.4 Å². The molecule has 1 aliphatic rings. The monoisotopic (exact) mass is 279 g/mol. The summed E-state index contributed by atoms with van der Waals surface area (Å²) in [6, 6.07) is -0.217. The number of nitrogens with one attached hydrogen (secondary N) is 2. The van der Waals surface area contributed by atoms with Crippen LogP contribution < -0.4 is 10.6 Å². The molecule has 0 spiro atoms. The van der Waals surface area contributed by atoms with Gasteiger partial charge in [0, 0.05) is 11.1 Å². The van der Waals surface area contributed by atoms with E-state index in [-0.39, 0.29) is 6.03 Å². The second-order valence-corrected chi connectivity index (χ2v) is 6.33. The number of hydrogen-bond donors (Lipinski definition) is 2. The van der Waals surface area contributed by atoms with Crippen LogP contribution in [0.3, 0.4) is 0 Å². The largest absolute Gasteiger partial charge is 0.325 e. The van der Waals surface area contributed by atoms with E-state index in [1.807, 2.05) is 20.0 Å². The van der Waals surface area contributed by atoms with E-state index in [9.17, 15) is 4.79 Å². The minimum absolute atomic E-state index is 0.217. The Balaban J connectivity index is 1.85. The molecule has 1 aliphatic carbocycles. The van der Waals surface area contributed by atoms with Crippen LogP contribution in [-0.2, 0) is 0 Å². The molecule has 0 unspecified atom stereocenters. The average molecular weight is 279 g/mol. The van der Waals surface area contributed by atoms with Gasteiger partial charge in [0.25, 0.3) is 0 Å². The van der Waals surface area contributed by atoms with Gasteiger partial charge in [0.2, 0.25) is 0 Å². The molecular formula is C14H21N3OS. The minimum Gasteiger partial charge on any atom is -0.314 e. The Hall–Kier alpha value is -1.36. The Kier molecular flexibility index (Phi) is 4.58. The number of amides is 2. The van der Waals surface area contributed by atoms with E-state index in [2.05, 4.69) is 22.5 Å². The van der Waals surface area contributed by atoms with Crippen molar-refractivity contribution in [1.82, 2.24) is 10.3 Å². The second-order valence-electron chi connectivity index (χ2n) is 5.13. The van der Waals surface area contributed by atoms with E-state index < -0.39 is 0 Å². The summed E-state index contributed by atoms with van der Waals surface area (Å²) in [5, 5.41) is 6.21. The first-order valence-electron chi connectivity index (χ1n) is 6.74. The number of carbonyl (C=O) groups excluding carboxylic acids is 1. The fourth-order valence-electron chi connectivity index (χ4n) is 2.34. The van der Waals surface area contributed by atoms with E-state index in [4.69, 9.17) is 0 Å². The number of allylic oxidation sites excluding steroid dienone is 1. The van der Waals surface area contributed by atoms with E-state index in [0.29, 0.717) is 11.0 Å². The minimum atomic E-state index is -0.217. The van der Waals surface area contributed by atoms with Gasteiger partial charge in [-0.05, 0) is 39.5 Å². The Morgan fingerprint density at radius 3 is 2.63 bits per heavy atom. The molecule has 1 heterocycles. The number of rotatable bonds is 3. The maximum atomic E-state index is 11.8. The highest BCUT2D eigenvalue weighted by molar-refractivity contribution is 7.15. The summed E-state index contributed by atoms with van der Waals surface area (Å²) in [6.45, 7) is 6.03. The third kappa shape index (κ3) is 3.80. The van der Waals surface area contributed by atoms with Crippen LogP contribution in [0.2, 0.25) is 0 Å². The molecule has 0 bridgehead atoms. The molecule has 0 radical (unpaired) electrons. The van der Waals surface area contributed by atoms with Crippen LogP contribution in [0.15, 0.2) is 11.8 Å². The zero-order valence-corrected chi connectivity index (χ0v) is 12.6. The van der Waals surface area contributed by atoms with Crippen LogP contribution in [0.25, 0.3) is 0 Å². The lowest BCUT2D eigenvalue weighted by molar-refractivity contribution is 0.255. The third-order valence-electron chi connectivity index (χ3n) is 3.68. The SMILES string of the molecule is C/C(=C\NC(=O)Nc1nc(C)c(C)s1)C1CCCC1. The summed E-state index contributed by atoms with van der Waals surface area (Å²) in [5.74, 6) is 0.643. The molecule has 5 heteroatoms. The van der Waals surface area contributed by atoms with Crippen molar-refractivity contribution in [2.45, 2.75) is 46.5 Å². The van der Waals surface area contributed by atoms with Crippen LogP contribution in [0.1, 0.15) is 43.2 Å². The van der Waals surface area contributed by atoms with Gasteiger partial charge in [0.1, 0.15) is 0 Å². The first-order valence-corrected chi connectivity index (χ1v) is 7.56. The maximum absolute atomic E-state index is 11.8. The van der Waals surface area contributed by atoms with Gasteiger partial charge < -0.3 is 5.32 Å². The fraction of sp³-hybridized carbons (Fsp3) is 0.571. The molecule has 19 heavy (non-hydrogen) atoms. The van der Waals surface area contributed by atoms with Gasteiger partial charge in [-0.15, -0.1) is 11.3 Å². The first kappa shape index (κ1) is 14.1. The maximum Gasteiger partial charge on any atom is 0.325 e. The number of urea groups is 1. The lowest BCUT2D eigenvalue weighted by Crippen LogP contribution is -2.24. The van der Waals surface area contributed by atoms with Crippen LogP contribution in [0.4, 0.5) is 9.93 Å². The van der Waals surface area contributed by atoms with Crippen molar-refractivity contribution in [2.24, 2.45) is 5.92 Å². The summed E-state index contributed by atoms with van der Waals surface area (Å²) in [5.41, 5.74) is 2.23. The number of thiazole rings is 1. The number of anilines is 1. The Labute approximate surface area is 118 Å². The Morgan fingerprint density at radius 1 is 1.37 bits per heavy atom. The predicted octanol–water partition coefficient (Wildman–Crippen LogP) is 3.98. The third-order valence-corrected chi connectivity index (χ3v) is 4.67. The standard InChI is InChI=1S/C14H21N3OS/c1-9(12-6-4-5-7-12)8-15-13(18)17-14-16-10(2)11(3)19-14/h8,12H,4-7H2,1-3H3,(H2,15,16,17,18)/b9-8+. The van der Waals surface area contributed by atoms with Crippen LogP contribution in [0, 0.1) is 19.8 Å². The molecule has 1 aromatic heterocycles. The van der Waals surface area contributed by atoms with Gasteiger partial charge >= 0.3 is 6.03 Å². The number of nitrogens with zero attached hydrogens (tertiary/aromatic N) is 1. The van der Waals surface area contributed by atoms with E-state index in [1.165, 1.54) is 42.6 Å². The highest BCUT2D eigenvalue weighted by Crippen LogP contribution is 2.30. The molecule has 0 aromatic carbocycles. The topological polar surface area (TPSA) is 54.0 Å². The predicted molar refractivity (Wildman–Crippen MR) is 79.5 cm³/mol. The molecule has 2 N–H and O–H groups in total. The molecule has 0 atom stereocenters. The van der Waals surface area contributed by atoms with Crippen molar-refractivity contribution >= 4 is 22.5 Å². The van der Waals surface area contributed by atoms with Gasteiger partial charge in [0.15, 0.2) is 5.13 Å². The number of carbonyl (C=O) groups is 1. The van der Waals surface area contributed by atoms with Crippen molar-refractivity contribution in [3.8, 4) is 0 Å². The molecule has 104 valence electrons. The lowest BCUT2D eigenvalue weighted by atomic mass is 10.0. The lowest BCUT2D eigenvalue weighted by Gasteiger charge is -2.09. The van der Waals surface area contributed by atoms with Crippen LogP contribution in [-0.4, -0.2) is 11.0 Å². The summed E-state index contributed by atoms with van der Waals surface area (Å²) in [6.07, 6.45) is 6.94. The highest BCUT2D eigenvalue weighted by Gasteiger charge is 2.16. The Morgan fingerprint density at radius 2 is 2.05 bits per heavy atom. The molecule has 1 saturated carbocycles. The normalized spacial score (nSPS) is 16.7. The summed E-state index contributed by atoms with van der Waals surface area (Å²) in [4.78, 5) is 17.2. The van der Waals surface area contributed by atoms with Crippen molar-refractivity contribution in [2.75, 3.05) is 5.32 Å². The van der Waals surface area contributed by atoms with Crippen molar-refractivity contribution < 1.29 is 4.79 Å². The smallest absolute Gasteiger partial charge is 0.314 e. The summed E-state index contributed by atoms with van der Waals surface area (Å²) in [7, 11) is 0. The fourth-order valence-corrected chi connectivity index (χ4v) is 3.15. The second kappa shape index (κ2) is 6.19. The molecule has 1 aromatic rings. The molecular weight excluding hydrogens is 258 g/mol. The Bertz CT molecular complexity index is 467. The number of hydrogen-bond acceptors (Lipinski definition) is 3. The molecule has 2 amide bonds. The highest BCUT2D eigenvalue weighted by atomic mass is 32.1. The molecule has 1 fully saturated rings. The average Bonchev–Trinajstić information content (AvgIpc) is 2.98. The quantitative estimate of drug-likeness (QED) is 0.879. The molecule has 0 saturated heterocycles. The van der Waals surface area contributed by atoms with Gasteiger partial charge in [-0.3, -0.25) is 5.32 Å². The zero-order chi connectivity index (χ0) is 13.8. The number of aryl methyl sites for hydroxylation is 2. The van der Waals surface area contributed by atoms with Crippen LogP contribution in [0.5, 0.6) is 0 Å². The van der Waals surface area contributed by atoms with Gasteiger partial charge in [-0.25, -0.2) is 9.78 Å². The molecule has 0 aliphatic heterocycles. The van der Waals surface area contributed by atoms with Gasteiger partial charge in [-0.2, -0.15) is 0 Å². The van der Waals surface area contributed by atoms with E-state index in [0.717, 1.165) is 10.6 Å². The van der Waals surface area contributed by atoms with Crippen LogP contribution >= 0.6 is 11.3 Å². The van der Waals surface area contributed by atoms with Crippen molar-refractivity contribution in [1.29, 1.82) is 0 Å². The van der Waals surface area contributed by atoms with Gasteiger partial charge in [0.05, 0.1) is 5.69 Å². The first-order chi connectivity index (χ1) is 9.06.